The molecule has 0 spiro atoms. The Labute approximate surface area is 152 Å². The van der Waals surface area contributed by atoms with Crippen molar-refractivity contribution in [3.8, 4) is 0 Å². The zero-order valence-electron chi connectivity index (χ0n) is 13.3. The molecule has 23 heavy (non-hydrogen) atoms. The molecule has 1 aromatic carbocycles. The van der Waals surface area contributed by atoms with Crippen LogP contribution in [0.4, 0.5) is 4.39 Å². The predicted octanol–water partition coefficient (Wildman–Crippen LogP) is 1.87. The Bertz CT molecular complexity index is 628. The van der Waals surface area contributed by atoms with E-state index in [1.54, 1.807) is 18.5 Å². The highest BCUT2D eigenvalue weighted by Crippen LogP contribution is 2.03. The molecule has 0 aliphatic heterocycles. The lowest BCUT2D eigenvalue weighted by Crippen LogP contribution is -2.38. The Morgan fingerprint density at radius 3 is 2.83 bits per heavy atom. The molecule has 0 aliphatic rings. The summed E-state index contributed by atoms with van der Waals surface area (Å²) < 4.78 is 15.0. The number of nitrogens with one attached hydrogen (secondary N) is 2. The van der Waals surface area contributed by atoms with Crippen molar-refractivity contribution in [1.29, 1.82) is 0 Å². The minimum absolute atomic E-state index is 0. The molecule has 1 aromatic heterocycles. The molecule has 0 bridgehead atoms. The van der Waals surface area contributed by atoms with Gasteiger partial charge in [0.2, 0.25) is 0 Å². The fourth-order valence-corrected chi connectivity index (χ4v) is 1.96. The van der Waals surface area contributed by atoms with Crippen LogP contribution in [0.5, 0.6) is 0 Å². The van der Waals surface area contributed by atoms with Gasteiger partial charge in [-0.15, -0.1) is 34.2 Å². The third-order valence-corrected chi connectivity index (χ3v) is 3.12. The van der Waals surface area contributed by atoms with Crippen LogP contribution in [0.3, 0.4) is 0 Å². The van der Waals surface area contributed by atoms with Crippen molar-refractivity contribution < 1.29 is 4.39 Å². The summed E-state index contributed by atoms with van der Waals surface area (Å²) in [7, 11) is 1.88. The molecule has 6 nitrogen and oxygen atoms in total. The summed E-state index contributed by atoms with van der Waals surface area (Å²) in [5, 5.41) is 14.2. The molecule has 0 unspecified atom stereocenters. The average molecular weight is 432 g/mol. The van der Waals surface area contributed by atoms with Gasteiger partial charge >= 0.3 is 0 Å². The number of hydrogen-bond donors (Lipinski definition) is 2. The molecular formula is C15H22FIN6. The third-order valence-electron chi connectivity index (χ3n) is 3.12. The molecular weight excluding hydrogens is 410 g/mol. The first kappa shape index (κ1) is 19.3. The standard InChI is InChI=1S/C15H21FN6.HI/c1-3-17-15(19-10-14-21-20-11-22(14)2)18-8-7-12-5-4-6-13(16)9-12;/h4-6,9,11H,3,7-8,10H2,1-2H3,(H2,17,18,19);1H. The fourth-order valence-electron chi connectivity index (χ4n) is 1.96. The van der Waals surface area contributed by atoms with E-state index in [2.05, 4.69) is 25.8 Å². The lowest BCUT2D eigenvalue weighted by atomic mass is 10.1. The van der Waals surface area contributed by atoms with E-state index in [9.17, 15) is 4.39 Å². The third kappa shape index (κ3) is 6.51. The molecule has 1 heterocycles. The van der Waals surface area contributed by atoms with Crippen LogP contribution in [0.25, 0.3) is 0 Å². The zero-order chi connectivity index (χ0) is 15.8. The second kappa shape index (κ2) is 10.1. The van der Waals surface area contributed by atoms with Gasteiger partial charge < -0.3 is 15.2 Å². The lowest BCUT2D eigenvalue weighted by Gasteiger charge is -2.11. The number of halogens is 2. The Morgan fingerprint density at radius 1 is 1.35 bits per heavy atom. The summed E-state index contributed by atoms with van der Waals surface area (Å²) in [5.74, 6) is 1.30. The van der Waals surface area contributed by atoms with Gasteiger partial charge in [-0.05, 0) is 31.0 Å². The maximum atomic E-state index is 13.1. The largest absolute Gasteiger partial charge is 0.357 e. The highest BCUT2D eigenvalue weighted by atomic mass is 127. The van der Waals surface area contributed by atoms with Gasteiger partial charge in [-0.1, -0.05) is 12.1 Å². The van der Waals surface area contributed by atoms with E-state index < -0.39 is 0 Å². The lowest BCUT2D eigenvalue weighted by molar-refractivity contribution is 0.625. The smallest absolute Gasteiger partial charge is 0.191 e. The van der Waals surface area contributed by atoms with Gasteiger partial charge in [0, 0.05) is 20.1 Å². The van der Waals surface area contributed by atoms with E-state index in [1.165, 1.54) is 6.07 Å². The maximum absolute atomic E-state index is 13.1. The molecule has 2 N–H and O–H groups in total. The minimum atomic E-state index is -0.208. The molecule has 2 aromatic rings. The van der Waals surface area contributed by atoms with E-state index in [4.69, 9.17) is 0 Å². The van der Waals surface area contributed by atoms with E-state index in [-0.39, 0.29) is 29.8 Å². The molecule has 0 saturated heterocycles. The average Bonchev–Trinajstić information content (AvgIpc) is 2.90. The molecule has 8 heteroatoms. The number of benzene rings is 1. The number of guanidine groups is 1. The first-order valence-corrected chi connectivity index (χ1v) is 7.28. The Morgan fingerprint density at radius 2 is 2.17 bits per heavy atom. The van der Waals surface area contributed by atoms with E-state index in [0.717, 1.165) is 24.4 Å². The van der Waals surface area contributed by atoms with Crippen molar-refractivity contribution in [3.05, 3.63) is 47.8 Å². The van der Waals surface area contributed by atoms with Gasteiger partial charge in [0.15, 0.2) is 11.8 Å². The Balaban J connectivity index is 0.00000264. The number of rotatable bonds is 6. The number of aromatic nitrogens is 3. The molecule has 0 fully saturated rings. The summed E-state index contributed by atoms with van der Waals surface area (Å²) in [4.78, 5) is 4.46. The number of nitrogens with zero attached hydrogens (tertiary/aromatic N) is 4. The molecule has 2 rings (SSSR count). The summed E-state index contributed by atoms with van der Waals surface area (Å²) in [6, 6.07) is 6.63. The van der Waals surface area contributed by atoms with Crippen LogP contribution < -0.4 is 10.6 Å². The predicted molar refractivity (Wildman–Crippen MR) is 99.3 cm³/mol. The zero-order valence-corrected chi connectivity index (χ0v) is 15.6. The van der Waals surface area contributed by atoms with Crippen LogP contribution in [0.15, 0.2) is 35.6 Å². The summed E-state index contributed by atoms with van der Waals surface area (Å²) in [6.45, 7) is 3.90. The van der Waals surface area contributed by atoms with Crippen molar-refractivity contribution in [1.82, 2.24) is 25.4 Å². The van der Waals surface area contributed by atoms with Crippen LogP contribution in [0.2, 0.25) is 0 Å². The monoisotopic (exact) mass is 432 g/mol. The Hall–Kier alpha value is -1.71. The van der Waals surface area contributed by atoms with Gasteiger partial charge in [0.1, 0.15) is 18.7 Å². The quantitative estimate of drug-likeness (QED) is 0.416. The van der Waals surface area contributed by atoms with E-state index in [1.807, 2.05) is 24.6 Å². The highest BCUT2D eigenvalue weighted by Gasteiger charge is 2.02. The minimum Gasteiger partial charge on any atom is -0.357 e. The number of hydrogen-bond acceptors (Lipinski definition) is 3. The Kier molecular flexibility index (Phi) is 8.52. The second-order valence-electron chi connectivity index (χ2n) is 4.86. The van der Waals surface area contributed by atoms with Crippen molar-refractivity contribution in [3.63, 3.8) is 0 Å². The van der Waals surface area contributed by atoms with Gasteiger partial charge in [0.25, 0.3) is 0 Å². The van der Waals surface area contributed by atoms with Crippen LogP contribution in [0.1, 0.15) is 18.3 Å². The topological polar surface area (TPSA) is 67.1 Å². The molecule has 0 radical (unpaired) electrons. The highest BCUT2D eigenvalue weighted by molar-refractivity contribution is 14.0. The van der Waals surface area contributed by atoms with Crippen LogP contribution in [0, 0.1) is 5.82 Å². The molecule has 0 amide bonds. The van der Waals surface area contributed by atoms with Crippen molar-refractivity contribution in [2.45, 2.75) is 19.9 Å². The van der Waals surface area contributed by atoms with Crippen molar-refractivity contribution in [2.24, 2.45) is 12.0 Å². The fraction of sp³-hybridized carbons (Fsp3) is 0.400. The molecule has 0 atom stereocenters. The molecule has 0 aliphatic carbocycles. The maximum Gasteiger partial charge on any atom is 0.191 e. The molecule has 126 valence electrons. The summed E-state index contributed by atoms with van der Waals surface area (Å²) >= 11 is 0. The van der Waals surface area contributed by atoms with Crippen molar-refractivity contribution >= 4 is 29.9 Å². The van der Waals surface area contributed by atoms with Crippen molar-refractivity contribution in [2.75, 3.05) is 13.1 Å². The number of aliphatic imine (C=N–C) groups is 1. The SMILES string of the molecule is CCNC(=NCc1nncn1C)NCCc1cccc(F)c1.I. The van der Waals surface area contributed by atoms with Gasteiger partial charge in [-0.3, -0.25) is 0 Å². The van der Waals surface area contributed by atoms with Crippen LogP contribution in [-0.2, 0) is 20.0 Å². The molecule has 0 saturated carbocycles. The summed E-state index contributed by atoms with van der Waals surface area (Å²) in [6.07, 6.45) is 2.38. The van der Waals surface area contributed by atoms with Crippen LogP contribution in [-0.4, -0.2) is 33.8 Å². The number of aryl methyl sites for hydroxylation is 1. The van der Waals surface area contributed by atoms with E-state index in [0.29, 0.717) is 19.0 Å². The second-order valence-corrected chi connectivity index (χ2v) is 4.86. The van der Waals surface area contributed by atoms with Crippen LogP contribution >= 0.6 is 24.0 Å². The van der Waals surface area contributed by atoms with Gasteiger partial charge in [-0.2, -0.15) is 0 Å². The van der Waals surface area contributed by atoms with Gasteiger partial charge in [-0.25, -0.2) is 9.38 Å². The van der Waals surface area contributed by atoms with Gasteiger partial charge in [0.05, 0.1) is 0 Å². The first-order valence-electron chi connectivity index (χ1n) is 7.28. The summed E-state index contributed by atoms with van der Waals surface area (Å²) in [5.41, 5.74) is 0.955. The normalized spacial score (nSPS) is 11.0. The van der Waals surface area contributed by atoms with E-state index >= 15 is 0 Å². The first-order chi connectivity index (χ1) is 10.7.